The zero-order valence-corrected chi connectivity index (χ0v) is 13.2. The maximum Gasteiger partial charge on any atom is 0.326 e. The average Bonchev–Trinajstić information content (AvgIpc) is 2.43. The van der Waals surface area contributed by atoms with Gasteiger partial charge in [-0.1, -0.05) is 12.1 Å². The predicted octanol–water partition coefficient (Wildman–Crippen LogP) is 2.08. The molecule has 1 rings (SSSR count). The molecule has 3 N–H and O–H groups in total. The van der Waals surface area contributed by atoms with E-state index in [9.17, 15) is 9.59 Å². The number of hydrogen-bond donors (Lipinski definition) is 3. The Morgan fingerprint density at radius 1 is 1.33 bits per heavy atom. The van der Waals surface area contributed by atoms with E-state index in [1.165, 1.54) is 0 Å². The lowest BCUT2D eigenvalue weighted by atomic mass is 10.2. The third kappa shape index (κ3) is 5.55. The third-order valence-corrected chi connectivity index (χ3v) is 3.49. The molecule has 0 radical (unpaired) electrons. The van der Waals surface area contributed by atoms with Crippen molar-refractivity contribution in [1.82, 2.24) is 5.32 Å². The van der Waals surface area contributed by atoms with Crippen LogP contribution in [0.15, 0.2) is 24.3 Å². The molecule has 0 aliphatic rings. The number of rotatable bonds is 7. The summed E-state index contributed by atoms with van der Waals surface area (Å²) in [5.74, 6) is -0.356. The van der Waals surface area contributed by atoms with Crippen LogP contribution in [0.2, 0.25) is 0 Å². The van der Waals surface area contributed by atoms with Crippen LogP contribution in [0, 0.1) is 0 Å². The summed E-state index contributed by atoms with van der Waals surface area (Å²) in [6.45, 7) is 0. The third-order valence-electron chi connectivity index (χ3n) is 2.85. The van der Waals surface area contributed by atoms with Crippen molar-refractivity contribution in [2.24, 2.45) is 0 Å². The highest BCUT2D eigenvalue weighted by Gasteiger charge is 2.19. The van der Waals surface area contributed by atoms with E-state index in [1.807, 2.05) is 43.5 Å². The molecule has 0 saturated carbocycles. The van der Waals surface area contributed by atoms with E-state index in [0.29, 0.717) is 17.9 Å². The van der Waals surface area contributed by atoms with Gasteiger partial charge in [0.2, 0.25) is 0 Å². The highest BCUT2D eigenvalue weighted by atomic mass is 32.2. The Bertz CT molecular complexity index is 494. The SMILES string of the molecule is CSCC[C@@H](NC(=O)Nc1ccccc1N(C)C)C(=O)O. The molecule has 1 aromatic carbocycles. The Morgan fingerprint density at radius 2 is 2.00 bits per heavy atom. The minimum absolute atomic E-state index is 0.388. The zero-order chi connectivity index (χ0) is 15.8. The van der Waals surface area contributed by atoms with E-state index in [0.717, 1.165) is 5.69 Å². The molecule has 2 amide bonds. The van der Waals surface area contributed by atoms with Crippen LogP contribution >= 0.6 is 11.8 Å². The Labute approximate surface area is 128 Å². The summed E-state index contributed by atoms with van der Waals surface area (Å²) in [7, 11) is 3.74. The number of nitrogens with zero attached hydrogens (tertiary/aromatic N) is 1. The average molecular weight is 311 g/mol. The van der Waals surface area contributed by atoms with Gasteiger partial charge in [0.15, 0.2) is 0 Å². The first-order valence-corrected chi connectivity index (χ1v) is 7.90. The topological polar surface area (TPSA) is 81.7 Å². The number of nitrogens with one attached hydrogen (secondary N) is 2. The minimum Gasteiger partial charge on any atom is -0.480 e. The normalized spacial score (nSPS) is 11.6. The van der Waals surface area contributed by atoms with E-state index in [1.54, 1.807) is 17.8 Å². The first kappa shape index (κ1) is 17.2. The summed E-state index contributed by atoms with van der Waals surface area (Å²) < 4.78 is 0. The summed E-state index contributed by atoms with van der Waals surface area (Å²) in [6.07, 6.45) is 2.28. The van der Waals surface area contributed by atoms with Crippen LogP contribution in [0.3, 0.4) is 0 Å². The molecule has 0 aliphatic heterocycles. The molecule has 6 nitrogen and oxygen atoms in total. The summed E-state index contributed by atoms with van der Waals surface area (Å²) in [4.78, 5) is 24.9. The smallest absolute Gasteiger partial charge is 0.326 e. The lowest BCUT2D eigenvalue weighted by Gasteiger charge is -2.19. The molecule has 0 unspecified atom stereocenters. The van der Waals surface area contributed by atoms with E-state index >= 15 is 0 Å². The van der Waals surface area contributed by atoms with Gasteiger partial charge in [-0.05, 0) is 30.6 Å². The highest BCUT2D eigenvalue weighted by Crippen LogP contribution is 2.23. The van der Waals surface area contributed by atoms with Crippen LogP contribution in [-0.2, 0) is 4.79 Å². The number of carbonyl (C=O) groups is 2. The summed E-state index contributed by atoms with van der Waals surface area (Å²) in [5, 5.41) is 14.3. The lowest BCUT2D eigenvalue weighted by molar-refractivity contribution is -0.139. The number of urea groups is 1. The Balaban J connectivity index is 2.70. The number of amides is 2. The second-order valence-electron chi connectivity index (χ2n) is 4.68. The molecule has 21 heavy (non-hydrogen) atoms. The van der Waals surface area contributed by atoms with Crippen molar-refractivity contribution in [3.05, 3.63) is 24.3 Å². The van der Waals surface area contributed by atoms with Crippen LogP contribution in [0.5, 0.6) is 0 Å². The monoisotopic (exact) mass is 311 g/mol. The number of thioether (sulfide) groups is 1. The number of benzene rings is 1. The van der Waals surface area contributed by atoms with Gasteiger partial charge in [-0.15, -0.1) is 0 Å². The Kier molecular flexibility index (Phi) is 6.87. The van der Waals surface area contributed by atoms with E-state index in [4.69, 9.17) is 5.11 Å². The molecule has 7 heteroatoms. The number of carboxylic acid groups (broad SMARTS) is 1. The van der Waals surface area contributed by atoms with Crippen LogP contribution in [0.25, 0.3) is 0 Å². The first-order chi connectivity index (χ1) is 9.95. The molecule has 0 heterocycles. The van der Waals surface area contributed by atoms with E-state index in [-0.39, 0.29) is 0 Å². The van der Waals surface area contributed by atoms with Crippen molar-refractivity contribution in [3.63, 3.8) is 0 Å². The highest BCUT2D eigenvalue weighted by molar-refractivity contribution is 7.98. The van der Waals surface area contributed by atoms with Gasteiger partial charge >= 0.3 is 12.0 Å². The van der Waals surface area contributed by atoms with Gasteiger partial charge in [-0.25, -0.2) is 9.59 Å². The largest absolute Gasteiger partial charge is 0.480 e. The van der Waals surface area contributed by atoms with Crippen molar-refractivity contribution in [2.75, 3.05) is 36.3 Å². The van der Waals surface area contributed by atoms with Crippen LogP contribution in [-0.4, -0.2) is 49.3 Å². The fourth-order valence-corrected chi connectivity index (χ4v) is 2.25. The second kappa shape index (κ2) is 8.41. The molecule has 1 atom stereocenters. The van der Waals surface area contributed by atoms with Crippen molar-refractivity contribution in [3.8, 4) is 0 Å². The first-order valence-electron chi connectivity index (χ1n) is 6.51. The fraction of sp³-hybridized carbons (Fsp3) is 0.429. The van der Waals surface area contributed by atoms with E-state index < -0.39 is 18.0 Å². The number of hydrogen-bond acceptors (Lipinski definition) is 4. The van der Waals surface area contributed by atoms with Crippen molar-refractivity contribution >= 4 is 35.1 Å². The van der Waals surface area contributed by atoms with Crippen molar-refractivity contribution in [2.45, 2.75) is 12.5 Å². The van der Waals surface area contributed by atoms with Crippen LogP contribution in [0.4, 0.5) is 16.2 Å². The van der Waals surface area contributed by atoms with Gasteiger partial charge in [0.25, 0.3) is 0 Å². The second-order valence-corrected chi connectivity index (χ2v) is 5.67. The maximum absolute atomic E-state index is 12.0. The number of para-hydroxylation sites is 2. The van der Waals surface area contributed by atoms with Crippen LogP contribution in [0.1, 0.15) is 6.42 Å². The molecule has 0 spiro atoms. The molecule has 1 aromatic rings. The maximum atomic E-state index is 12.0. The van der Waals surface area contributed by atoms with E-state index in [2.05, 4.69) is 10.6 Å². The Hall–Kier alpha value is -1.89. The van der Waals surface area contributed by atoms with Crippen molar-refractivity contribution in [1.29, 1.82) is 0 Å². The van der Waals surface area contributed by atoms with Crippen molar-refractivity contribution < 1.29 is 14.7 Å². The van der Waals surface area contributed by atoms with Gasteiger partial charge in [0, 0.05) is 14.1 Å². The van der Waals surface area contributed by atoms with Gasteiger partial charge in [-0.2, -0.15) is 11.8 Å². The van der Waals surface area contributed by atoms with Gasteiger partial charge in [0.1, 0.15) is 6.04 Å². The number of carbonyl (C=O) groups excluding carboxylic acids is 1. The number of carboxylic acids is 1. The molecule has 0 bridgehead atoms. The molecule has 0 aromatic heterocycles. The Morgan fingerprint density at radius 3 is 2.57 bits per heavy atom. The summed E-state index contributed by atoms with van der Waals surface area (Å²) >= 11 is 1.54. The minimum atomic E-state index is -1.03. The summed E-state index contributed by atoms with van der Waals surface area (Å²) in [5.41, 5.74) is 1.48. The molecular weight excluding hydrogens is 290 g/mol. The number of aliphatic carboxylic acids is 1. The predicted molar refractivity (Wildman–Crippen MR) is 87.3 cm³/mol. The lowest BCUT2D eigenvalue weighted by Crippen LogP contribution is -2.43. The van der Waals surface area contributed by atoms with Gasteiger partial charge < -0.3 is 20.6 Å². The summed E-state index contributed by atoms with van der Waals surface area (Å²) in [6, 6.07) is 5.92. The fourth-order valence-electron chi connectivity index (χ4n) is 1.78. The molecule has 0 saturated heterocycles. The molecule has 0 fully saturated rings. The molecule has 0 aliphatic carbocycles. The molecular formula is C14H21N3O3S. The standard InChI is InChI=1S/C14H21N3O3S/c1-17(2)12-7-5-4-6-10(12)15-14(20)16-11(13(18)19)8-9-21-3/h4-7,11H,8-9H2,1-3H3,(H,18,19)(H2,15,16,20)/t11-/m1/s1. The van der Waals surface area contributed by atoms with Crippen LogP contribution < -0.4 is 15.5 Å². The molecule has 116 valence electrons. The van der Waals surface area contributed by atoms with Gasteiger partial charge in [0.05, 0.1) is 11.4 Å². The zero-order valence-electron chi connectivity index (χ0n) is 12.4. The number of anilines is 2. The quantitative estimate of drug-likeness (QED) is 0.718. The van der Waals surface area contributed by atoms with Gasteiger partial charge in [-0.3, -0.25) is 0 Å².